The van der Waals surface area contributed by atoms with Crippen molar-refractivity contribution in [1.29, 1.82) is 0 Å². The molecule has 1 fully saturated rings. The molecule has 2 rings (SSSR count). The number of aliphatic hydroxyl groups excluding tert-OH is 1. The fourth-order valence-electron chi connectivity index (χ4n) is 1.82. The van der Waals surface area contributed by atoms with Gasteiger partial charge in [0.1, 0.15) is 0 Å². The van der Waals surface area contributed by atoms with Gasteiger partial charge >= 0.3 is 0 Å². The van der Waals surface area contributed by atoms with Crippen molar-refractivity contribution in [2.45, 2.75) is 12.1 Å². The van der Waals surface area contributed by atoms with Crippen molar-refractivity contribution < 1.29 is 13.5 Å². The van der Waals surface area contributed by atoms with E-state index >= 15 is 0 Å². The second kappa shape index (κ2) is 5.21. The monoisotopic (exact) mass is 286 g/mol. The van der Waals surface area contributed by atoms with Gasteiger partial charge in [0.15, 0.2) is 14.9 Å². The first kappa shape index (κ1) is 13.3. The summed E-state index contributed by atoms with van der Waals surface area (Å²) in [6.07, 6.45) is -0.912. The van der Waals surface area contributed by atoms with Crippen LogP contribution in [0.4, 0.5) is 5.69 Å². The number of anilines is 1. The van der Waals surface area contributed by atoms with E-state index in [1.165, 1.54) is 0 Å². The standard InChI is InChI=1S/C11H14N2O3S2/c14-10-7-18(15,16)6-9(10)13-11(17)12-8-4-2-1-3-5-8/h1-5,9-10,14H,6-7H2,(H2,12,13,17)/t9-,10+/m1/s1. The molecule has 18 heavy (non-hydrogen) atoms. The maximum Gasteiger partial charge on any atom is 0.171 e. The van der Waals surface area contributed by atoms with Crippen LogP contribution in [0.25, 0.3) is 0 Å². The number of hydrogen-bond acceptors (Lipinski definition) is 4. The Balaban J connectivity index is 1.93. The first-order valence-electron chi connectivity index (χ1n) is 5.47. The fraction of sp³-hybridized carbons (Fsp3) is 0.364. The van der Waals surface area contributed by atoms with E-state index in [4.69, 9.17) is 12.2 Å². The summed E-state index contributed by atoms with van der Waals surface area (Å²) in [5, 5.41) is 15.7. The summed E-state index contributed by atoms with van der Waals surface area (Å²) < 4.78 is 22.7. The summed E-state index contributed by atoms with van der Waals surface area (Å²) in [6, 6.07) is 8.75. The molecule has 1 heterocycles. The van der Waals surface area contributed by atoms with Gasteiger partial charge in [0.2, 0.25) is 0 Å². The van der Waals surface area contributed by atoms with Crippen molar-refractivity contribution in [2.75, 3.05) is 16.8 Å². The van der Waals surface area contributed by atoms with E-state index in [0.29, 0.717) is 5.11 Å². The molecule has 0 amide bonds. The van der Waals surface area contributed by atoms with Gasteiger partial charge in [-0.2, -0.15) is 0 Å². The van der Waals surface area contributed by atoms with Crippen LogP contribution in [-0.2, 0) is 9.84 Å². The van der Waals surface area contributed by atoms with Crippen LogP contribution in [-0.4, -0.2) is 42.3 Å². The summed E-state index contributed by atoms with van der Waals surface area (Å²) in [5.41, 5.74) is 0.811. The van der Waals surface area contributed by atoms with Gasteiger partial charge in [-0.3, -0.25) is 0 Å². The maximum atomic E-state index is 11.3. The van der Waals surface area contributed by atoms with Crippen LogP contribution < -0.4 is 10.6 Å². The molecule has 0 bridgehead atoms. The SMILES string of the molecule is O=S1(=O)C[C@H](O)[C@H](NC(=S)Nc2ccccc2)C1. The first-order chi connectivity index (χ1) is 8.46. The zero-order valence-electron chi connectivity index (χ0n) is 9.54. The summed E-state index contributed by atoms with van der Waals surface area (Å²) in [4.78, 5) is 0. The van der Waals surface area contributed by atoms with Crippen molar-refractivity contribution in [2.24, 2.45) is 0 Å². The maximum absolute atomic E-state index is 11.3. The third-order valence-electron chi connectivity index (χ3n) is 2.67. The quantitative estimate of drug-likeness (QED) is 0.671. The average Bonchev–Trinajstić information content (AvgIpc) is 2.53. The number of sulfone groups is 1. The molecule has 0 radical (unpaired) electrons. The fourth-order valence-corrected chi connectivity index (χ4v) is 3.83. The van der Waals surface area contributed by atoms with E-state index in [0.717, 1.165) is 5.69 Å². The lowest BCUT2D eigenvalue weighted by atomic mass is 10.2. The Kier molecular flexibility index (Phi) is 3.84. The molecule has 1 aromatic carbocycles. The topological polar surface area (TPSA) is 78.4 Å². The number of aliphatic hydroxyl groups is 1. The molecule has 0 spiro atoms. The molecular weight excluding hydrogens is 272 g/mol. The van der Waals surface area contributed by atoms with Crippen LogP contribution in [0.5, 0.6) is 0 Å². The minimum Gasteiger partial charge on any atom is -0.390 e. The Labute approximate surface area is 111 Å². The first-order valence-corrected chi connectivity index (χ1v) is 7.70. The summed E-state index contributed by atoms with van der Waals surface area (Å²) >= 11 is 5.07. The van der Waals surface area contributed by atoms with Gasteiger partial charge in [-0.25, -0.2) is 8.42 Å². The van der Waals surface area contributed by atoms with Crippen molar-refractivity contribution in [3.05, 3.63) is 30.3 Å². The van der Waals surface area contributed by atoms with Gasteiger partial charge in [-0.1, -0.05) is 18.2 Å². The molecule has 0 aromatic heterocycles. The third-order valence-corrected chi connectivity index (χ3v) is 4.61. The molecule has 1 aliphatic rings. The molecule has 1 aliphatic heterocycles. The van der Waals surface area contributed by atoms with Gasteiger partial charge in [0.05, 0.1) is 23.7 Å². The largest absolute Gasteiger partial charge is 0.390 e. The number of benzene rings is 1. The molecule has 3 N–H and O–H groups in total. The Morgan fingerprint density at radius 1 is 1.28 bits per heavy atom. The lowest BCUT2D eigenvalue weighted by Gasteiger charge is -2.17. The highest BCUT2D eigenvalue weighted by Gasteiger charge is 2.36. The number of nitrogens with one attached hydrogen (secondary N) is 2. The second-order valence-corrected chi connectivity index (χ2v) is 6.78. The number of rotatable bonds is 2. The molecule has 0 saturated carbocycles. The smallest absolute Gasteiger partial charge is 0.171 e. The van der Waals surface area contributed by atoms with Crippen LogP contribution in [0.15, 0.2) is 30.3 Å². The summed E-state index contributed by atoms with van der Waals surface area (Å²) in [7, 11) is -3.16. The predicted octanol–water partition coefficient (Wildman–Crippen LogP) is 0.131. The molecule has 7 heteroatoms. The zero-order chi connectivity index (χ0) is 13.2. The van der Waals surface area contributed by atoms with Crippen molar-refractivity contribution in [3.63, 3.8) is 0 Å². The molecule has 98 valence electrons. The summed E-state index contributed by atoms with van der Waals surface area (Å²) in [5.74, 6) is -0.302. The molecule has 5 nitrogen and oxygen atoms in total. The van der Waals surface area contributed by atoms with E-state index in [9.17, 15) is 13.5 Å². The molecular formula is C11H14N2O3S2. The highest BCUT2D eigenvalue weighted by atomic mass is 32.2. The molecule has 0 aliphatic carbocycles. The van der Waals surface area contributed by atoms with Crippen molar-refractivity contribution in [1.82, 2.24) is 5.32 Å². The lowest BCUT2D eigenvalue weighted by molar-refractivity contribution is 0.175. The zero-order valence-corrected chi connectivity index (χ0v) is 11.2. The minimum absolute atomic E-state index is 0.0925. The Hall–Kier alpha value is -1.18. The Morgan fingerprint density at radius 3 is 2.50 bits per heavy atom. The molecule has 2 atom stereocenters. The van der Waals surface area contributed by atoms with E-state index < -0.39 is 22.0 Å². The van der Waals surface area contributed by atoms with Crippen LogP contribution in [0.2, 0.25) is 0 Å². The second-order valence-electron chi connectivity index (χ2n) is 4.22. The average molecular weight is 286 g/mol. The number of para-hydroxylation sites is 1. The molecule has 0 unspecified atom stereocenters. The normalized spacial score (nSPS) is 25.6. The van der Waals surface area contributed by atoms with Gasteiger partial charge < -0.3 is 15.7 Å². The highest BCUT2D eigenvalue weighted by molar-refractivity contribution is 7.91. The van der Waals surface area contributed by atoms with Crippen LogP contribution in [0.1, 0.15) is 0 Å². The van der Waals surface area contributed by atoms with Gasteiger partial charge in [0, 0.05) is 5.69 Å². The molecule has 1 saturated heterocycles. The minimum atomic E-state index is -3.16. The predicted molar refractivity (Wildman–Crippen MR) is 74.2 cm³/mol. The van der Waals surface area contributed by atoms with Crippen LogP contribution in [0, 0.1) is 0 Å². The van der Waals surface area contributed by atoms with E-state index in [-0.39, 0.29) is 11.5 Å². The highest BCUT2D eigenvalue weighted by Crippen LogP contribution is 2.13. The number of thiocarbonyl (C=S) groups is 1. The van der Waals surface area contributed by atoms with Gasteiger partial charge in [-0.15, -0.1) is 0 Å². The lowest BCUT2D eigenvalue weighted by Crippen LogP contribution is -2.44. The summed E-state index contributed by atoms with van der Waals surface area (Å²) in [6.45, 7) is 0. The Bertz CT molecular complexity index is 530. The van der Waals surface area contributed by atoms with E-state index in [1.54, 1.807) is 0 Å². The third kappa shape index (κ3) is 3.41. The Morgan fingerprint density at radius 2 is 1.94 bits per heavy atom. The van der Waals surface area contributed by atoms with Crippen molar-refractivity contribution >= 4 is 32.9 Å². The van der Waals surface area contributed by atoms with Crippen LogP contribution >= 0.6 is 12.2 Å². The van der Waals surface area contributed by atoms with Gasteiger partial charge in [0.25, 0.3) is 0 Å². The van der Waals surface area contributed by atoms with Crippen molar-refractivity contribution in [3.8, 4) is 0 Å². The van der Waals surface area contributed by atoms with E-state index in [2.05, 4.69) is 10.6 Å². The van der Waals surface area contributed by atoms with E-state index in [1.807, 2.05) is 30.3 Å². The van der Waals surface area contributed by atoms with Crippen LogP contribution in [0.3, 0.4) is 0 Å². The number of hydrogen-bond donors (Lipinski definition) is 3. The van der Waals surface area contributed by atoms with Gasteiger partial charge in [-0.05, 0) is 24.4 Å². The molecule has 1 aromatic rings.